The first kappa shape index (κ1) is 15.7. The highest BCUT2D eigenvalue weighted by molar-refractivity contribution is 7.80. The van der Waals surface area contributed by atoms with Gasteiger partial charge in [0.2, 0.25) is 0 Å². The van der Waals surface area contributed by atoms with E-state index in [1.54, 1.807) is 12.1 Å². The van der Waals surface area contributed by atoms with Crippen LogP contribution < -0.4 is 5.32 Å². The Bertz CT molecular complexity index is 508. The molecular formula is C17H24FN3S. The van der Waals surface area contributed by atoms with E-state index >= 15 is 0 Å². The molecule has 0 spiro atoms. The van der Waals surface area contributed by atoms with Gasteiger partial charge in [0.05, 0.1) is 5.69 Å². The van der Waals surface area contributed by atoms with Gasteiger partial charge >= 0.3 is 0 Å². The number of rotatable bonds is 2. The second-order valence-corrected chi connectivity index (χ2v) is 6.61. The fraction of sp³-hybridized carbons (Fsp3) is 0.588. The van der Waals surface area contributed by atoms with Crippen molar-refractivity contribution in [3.63, 3.8) is 0 Å². The quantitative estimate of drug-likeness (QED) is 0.840. The molecular weight excluding hydrogens is 297 g/mol. The van der Waals surface area contributed by atoms with Gasteiger partial charge in [0, 0.05) is 32.2 Å². The second kappa shape index (κ2) is 7.38. The van der Waals surface area contributed by atoms with Gasteiger partial charge in [-0.25, -0.2) is 4.39 Å². The summed E-state index contributed by atoms with van der Waals surface area (Å²) >= 11 is 5.44. The highest BCUT2D eigenvalue weighted by atomic mass is 32.1. The standard InChI is InChI=1S/C17H24FN3S/c18-15-8-4-5-9-16(15)19-17(22)21-12-10-20(11-13-21)14-6-2-1-3-7-14/h4-5,8-9,14H,1-3,6-7,10-13H2,(H,19,22). The Balaban J connectivity index is 1.50. The van der Waals surface area contributed by atoms with Crippen LogP contribution in [-0.2, 0) is 0 Å². The molecule has 0 atom stereocenters. The van der Waals surface area contributed by atoms with Crippen LogP contribution in [0, 0.1) is 5.82 Å². The zero-order valence-corrected chi connectivity index (χ0v) is 13.7. The number of anilines is 1. The molecule has 0 amide bonds. The molecule has 2 fully saturated rings. The SMILES string of the molecule is Fc1ccccc1NC(=S)N1CCN(C2CCCCC2)CC1. The van der Waals surface area contributed by atoms with Crippen molar-refractivity contribution in [2.45, 2.75) is 38.1 Å². The smallest absolute Gasteiger partial charge is 0.173 e. The Morgan fingerprint density at radius 3 is 2.41 bits per heavy atom. The highest BCUT2D eigenvalue weighted by Crippen LogP contribution is 2.23. The average molecular weight is 321 g/mol. The summed E-state index contributed by atoms with van der Waals surface area (Å²) < 4.78 is 13.7. The molecule has 22 heavy (non-hydrogen) atoms. The van der Waals surface area contributed by atoms with Crippen LogP contribution in [0.4, 0.5) is 10.1 Å². The van der Waals surface area contributed by atoms with Gasteiger partial charge < -0.3 is 10.2 Å². The van der Waals surface area contributed by atoms with E-state index in [-0.39, 0.29) is 5.82 Å². The zero-order chi connectivity index (χ0) is 15.4. The predicted molar refractivity (Wildman–Crippen MR) is 92.6 cm³/mol. The first-order chi connectivity index (χ1) is 10.7. The van der Waals surface area contributed by atoms with Gasteiger partial charge in [0.1, 0.15) is 5.82 Å². The van der Waals surface area contributed by atoms with Crippen LogP contribution in [0.15, 0.2) is 24.3 Å². The van der Waals surface area contributed by atoms with Crippen molar-refractivity contribution >= 4 is 23.0 Å². The summed E-state index contributed by atoms with van der Waals surface area (Å²) in [5, 5.41) is 3.67. The lowest BCUT2D eigenvalue weighted by Gasteiger charge is -2.41. The van der Waals surface area contributed by atoms with Gasteiger partial charge in [-0.3, -0.25) is 4.90 Å². The third kappa shape index (κ3) is 3.76. The molecule has 1 aliphatic heterocycles. The van der Waals surface area contributed by atoms with E-state index in [9.17, 15) is 4.39 Å². The molecule has 1 aromatic rings. The van der Waals surface area contributed by atoms with E-state index in [4.69, 9.17) is 12.2 Å². The van der Waals surface area contributed by atoms with Crippen molar-refractivity contribution in [2.24, 2.45) is 0 Å². The lowest BCUT2D eigenvalue weighted by atomic mass is 9.94. The third-order valence-electron chi connectivity index (χ3n) is 4.81. The molecule has 0 radical (unpaired) electrons. The molecule has 0 unspecified atom stereocenters. The van der Waals surface area contributed by atoms with Gasteiger partial charge in [-0.05, 0) is 37.2 Å². The number of hydrogen-bond acceptors (Lipinski definition) is 2. The largest absolute Gasteiger partial charge is 0.346 e. The van der Waals surface area contributed by atoms with E-state index in [0.29, 0.717) is 10.8 Å². The Morgan fingerprint density at radius 2 is 1.73 bits per heavy atom. The molecule has 1 saturated carbocycles. The Morgan fingerprint density at radius 1 is 1.05 bits per heavy atom. The molecule has 3 nitrogen and oxygen atoms in total. The molecule has 1 aromatic carbocycles. The molecule has 1 heterocycles. The van der Waals surface area contributed by atoms with Crippen LogP contribution in [0.5, 0.6) is 0 Å². The van der Waals surface area contributed by atoms with E-state index < -0.39 is 0 Å². The summed E-state index contributed by atoms with van der Waals surface area (Å²) in [6, 6.07) is 7.44. The zero-order valence-electron chi connectivity index (χ0n) is 12.9. The van der Waals surface area contributed by atoms with Gasteiger partial charge in [0.15, 0.2) is 5.11 Å². The number of thiocarbonyl (C=S) groups is 1. The Kier molecular flexibility index (Phi) is 5.26. The summed E-state index contributed by atoms with van der Waals surface area (Å²) in [4.78, 5) is 4.77. The fourth-order valence-electron chi connectivity index (χ4n) is 3.49. The molecule has 3 rings (SSSR count). The molecule has 120 valence electrons. The van der Waals surface area contributed by atoms with E-state index in [0.717, 1.165) is 32.2 Å². The molecule has 1 N–H and O–H groups in total. The molecule has 5 heteroatoms. The summed E-state index contributed by atoms with van der Waals surface area (Å²) in [5.74, 6) is -0.259. The minimum Gasteiger partial charge on any atom is -0.346 e. The number of halogens is 1. The van der Waals surface area contributed by atoms with Crippen molar-refractivity contribution < 1.29 is 4.39 Å². The minimum atomic E-state index is -0.259. The molecule has 0 bridgehead atoms. The lowest BCUT2D eigenvalue weighted by molar-refractivity contribution is 0.108. The maximum Gasteiger partial charge on any atom is 0.173 e. The van der Waals surface area contributed by atoms with Gasteiger partial charge in [-0.2, -0.15) is 0 Å². The minimum absolute atomic E-state index is 0.259. The maximum absolute atomic E-state index is 13.7. The number of piperazine rings is 1. The van der Waals surface area contributed by atoms with Crippen LogP contribution >= 0.6 is 12.2 Å². The van der Waals surface area contributed by atoms with Crippen molar-refractivity contribution in [1.29, 1.82) is 0 Å². The molecule has 1 saturated heterocycles. The second-order valence-electron chi connectivity index (χ2n) is 6.22. The van der Waals surface area contributed by atoms with Crippen LogP contribution in [-0.4, -0.2) is 47.1 Å². The van der Waals surface area contributed by atoms with Crippen LogP contribution in [0.25, 0.3) is 0 Å². The van der Waals surface area contributed by atoms with Gasteiger partial charge in [0.25, 0.3) is 0 Å². The summed E-state index contributed by atoms with van der Waals surface area (Å²) in [6.07, 6.45) is 6.83. The Hall–Kier alpha value is -1.20. The molecule has 0 aromatic heterocycles. The van der Waals surface area contributed by atoms with Crippen molar-refractivity contribution in [2.75, 3.05) is 31.5 Å². The number of nitrogens with one attached hydrogen (secondary N) is 1. The third-order valence-corrected chi connectivity index (χ3v) is 5.17. The maximum atomic E-state index is 13.7. The number of hydrogen-bond donors (Lipinski definition) is 1. The van der Waals surface area contributed by atoms with Crippen LogP contribution in [0.2, 0.25) is 0 Å². The van der Waals surface area contributed by atoms with E-state index in [1.807, 2.05) is 6.07 Å². The van der Waals surface area contributed by atoms with Crippen LogP contribution in [0.3, 0.4) is 0 Å². The molecule has 2 aliphatic rings. The van der Waals surface area contributed by atoms with Crippen molar-refractivity contribution in [3.8, 4) is 0 Å². The normalized spacial score (nSPS) is 20.9. The molecule has 1 aliphatic carbocycles. The number of benzene rings is 1. The van der Waals surface area contributed by atoms with Crippen molar-refractivity contribution in [3.05, 3.63) is 30.1 Å². The Labute approximate surface area is 137 Å². The summed E-state index contributed by atoms with van der Waals surface area (Å²) in [6.45, 7) is 3.97. The van der Waals surface area contributed by atoms with E-state index in [2.05, 4.69) is 15.1 Å². The highest BCUT2D eigenvalue weighted by Gasteiger charge is 2.26. The van der Waals surface area contributed by atoms with Gasteiger partial charge in [-0.15, -0.1) is 0 Å². The topological polar surface area (TPSA) is 18.5 Å². The van der Waals surface area contributed by atoms with Gasteiger partial charge in [-0.1, -0.05) is 31.4 Å². The van der Waals surface area contributed by atoms with Crippen molar-refractivity contribution in [1.82, 2.24) is 9.80 Å². The monoisotopic (exact) mass is 321 g/mol. The average Bonchev–Trinajstić information content (AvgIpc) is 2.58. The first-order valence-electron chi connectivity index (χ1n) is 8.28. The van der Waals surface area contributed by atoms with E-state index in [1.165, 1.54) is 38.2 Å². The predicted octanol–water partition coefficient (Wildman–Crippen LogP) is 3.47. The number of nitrogens with zero attached hydrogens (tertiary/aromatic N) is 2. The van der Waals surface area contributed by atoms with Crippen LogP contribution in [0.1, 0.15) is 32.1 Å². The first-order valence-corrected chi connectivity index (χ1v) is 8.69. The lowest BCUT2D eigenvalue weighted by Crippen LogP contribution is -2.53. The summed E-state index contributed by atoms with van der Waals surface area (Å²) in [5.41, 5.74) is 0.460. The fourth-order valence-corrected chi connectivity index (χ4v) is 3.79. The summed E-state index contributed by atoms with van der Waals surface area (Å²) in [7, 11) is 0. The number of para-hydroxylation sites is 1.